The number of nitrogens with one attached hydrogen (secondary N) is 2. The number of pyridine rings is 1. The van der Waals surface area contributed by atoms with Crippen LogP contribution in [0.5, 0.6) is 0 Å². The lowest BCUT2D eigenvalue weighted by Crippen LogP contribution is -2.52. The molecule has 1 aliphatic rings. The number of aliphatic hydroxyl groups excluding tert-OH is 1. The smallest absolute Gasteiger partial charge is 0.253 e. The van der Waals surface area contributed by atoms with E-state index in [2.05, 4.69) is 15.6 Å². The highest BCUT2D eigenvalue weighted by Crippen LogP contribution is 2.09. The maximum absolute atomic E-state index is 12.1. The molecule has 0 unspecified atom stereocenters. The SMILES string of the molecule is Cc1ccc(C(=O)N[C@@H]2CCNC[C@H]2O)c(C)n1. The first-order valence-electron chi connectivity index (χ1n) is 6.22. The average Bonchev–Trinajstić information content (AvgIpc) is 2.32. The Morgan fingerprint density at radius 3 is 2.94 bits per heavy atom. The van der Waals surface area contributed by atoms with Crippen molar-refractivity contribution in [3.8, 4) is 0 Å². The molecule has 1 fully saturated rings. The number of hydrogen-bond acceptors (Lipinski definition) is 4. The maximum Gasteiger partial charge on any atom is 0.253 e. The van der Waals surface area contributed by atoms with Crippen LogP contribution in [0.15, 0.2) is 12.1 Å². The number of aryl methyl sites for hydroxylation is 2. The van der Waals surface area contributed by atoms with E-state index in [1.165, 1.54) is 0 Å². The van der Waals surface area contributed by atoms with Crippen molar-refractivity contribution >= 4 is 5.91 Å². The van der Waals surface area contributed by atoms with E-state index in [4.69, 9.17) is 0 Å². The molecule has 0 spiro atoms. The minimum absolute atomic E-state index is 0.161. The van der Waals surface area contributed by atoms with Crippen molar-refractivity contribution in [2.75, 3.05) is 13.1 Å². The van der Waals surface area contributed by atoms with Crippen molar-refractivity contribution in [1.29, 1.82) is 0 Å². The molecule has 2 heterocycles. The Hall–Kier alpha value is -1.46. The van der Waals surface area contributed by atoms with Gasteiger partial charge in [-0.15, -0.1) is 0 Å². The maximum atomic E-state index is 12.1. The molecule has 1 saturated heterocycles. The molecule has 0 saturated carbocycles. The van der Waals surface area contributed by atoms with Gasteiger partial charge in [0, 0.05) is 12.2 Å². The standard InChI is InChI=1S/C13H19N3O2/c1-8-3-4-10(9(2)15-8)13(18)16-11-5-6-14-7-12(11)17/h3-4,11-12,14,17H,5-7H2,1-2H3,(H,16,18)/t11-,12-/m1/s1. The second kappa shape index (κ2) is 5.46. The van der Waals surface area contributed by atoms with Crippen LogP contribution in [0.25, 0.3) is 0 Å². The molecular weight excluding hydrogens is 230 g/mol. The lowest BCUT2D eigenvalue weighted by Gasteiger charge is -2.29. The largest absolute Gasteiger partial charge is 0.390 e. The Balaban J connectivity index is 2.07. The molecule has 5 heteroatoms. The summed E-state index contributed by atoms with van der Waals surface area (Å²) in [5, 5.41) is 15.7. The summed E-state index contributed by atoms with van der Waals surface area (Å²) in [6, 6.07) is 3.42. The molecule has 1 amide bonds. The van der Waals surface area contributed by atoms with Gasteiger partial charge in [-0.2, -0.15) is 0 Å². The molecule has 0 bridgehead atoms. The zero-order valence-electron chi connectivity index (χ0n) is 10.7. The van der Waals surface area contributed by atoms with E-state index in [9.17, 15) is 9.90 Å². The Morgan fingerprint density at radius 2 is 2.28 bits per heavy atom. The summed E-state index contributed by atoms with van der Waals surface area (Å²) in [6.07, 6.45) is 0.215. The molecule has 2 atom stereocenters. The van der Waals surface area contributed by atoms with E-state index in [1.54, 1.807) is 6.07 Å². The summed E-state index contributed by atoms with van der Waals surface area (Å²) < 4.78 is 0. The third-order valence-corrected chi connectivity index (χ3v) is 3.24. The van der Waals surface area contributed by atoms with Crippen LogP contribution in [0.4, 0.5) is 0 Å². The molecule has 1 aromatic heterocycles. The van der Waals surface area contributed by atoms with Crippen molar-refractivity contribution in [3.05, 3.63) is 29.1 Å². The summed E-state index contributed by atoms with van der Waals surface area (Å²) in [7, 11) is 0. The van der Waals surface area contributed by atoms with Gasteiger partial charge < -0.3 is 15.7 Å². The molecule has 98 valence electrons. The number of hydrogen-bond donors (Lipinski definition) is 3. The third kappa shape index (κ3) is 2.86. The Labute approximate surface area is 107 Å². The van der Waals surface area contributed by atoms with Crippen LogP contribution in [0.1, 0.15) is 28.2 Å². The number of amides is 1. The fourth-order valence-corrected chi connectivity index (χ4v) is 2.18. The van der Waals surface area contributed by atoms with Crippen molar-refractivity contribution < 1.29 is 9.90 Å². The fraction of sp³-hybridized carbons (Fsp3) is 0.538. The van der Waals surface area contributed by atoms with Gasteiger partial charge in [-0.1, -0.05) is 0 Å². The summed E-state index contributed by atoms with van der Waals surface area (Å²) >= 11 is 0. The topological polar surface area (TPSA) is 74.2 Å². The highest BCUT2D eigenvalue weighted by Gasteiger charge is 2.25. The Bertz CT molecular complexity index is 448. The second-order valence-electron chi connectivity index (χ2n) is 4.73. The van der Waals surface area contributed by atoms with Crippen molar-refractivity contribution in [1.82, 2.24) is 15.6 Å². The van der Waals surface area contributed by atoms with E-state index >= 15 is 0 Å². The van der Waals surface area contributed by atoms with E-state index < -0.39 is 6.10 Å². The molecule has 2 rings (SSSR count). The number of aromatic nitrogens is 1. The summed E-state index contributed by atoms with van der Waals surface area (Å²) in [6.45, 7) is 5.05. The van der Waals surface area contributed by atoms with E-state index in [0.717, 1.165) is 24.4 Å². The lowest BCUT2D eigenvalue weighted by molar-refractivity contribution is 0.0764. The van der Waals surface area contributed by atoms with Crippen molar-refractivity contribution in [2.24, 2.45) is 0 Å². The van der Waals surface area contributed by atoms with E-state index in [0.29, 0.717) is 12.1 Å². The number of aliphatic hydroxyl groups is 1. The van der Waals surface area contributed by atoms with Crippen molar-refractivity contribution in [3.63, 3.8) is 0 Å². The van der Waals surface area contributed by atoms with Gasteiger partial charge >= 0.3 is 0 Å². The van der Waals surface area contributed by atoms with Crippen LogP contribution in [0, 0.1) is 13.8 Å². The van der Waals surface area contributed by atoms with Crippen molar-refractivity contribution in [2.45, 2.75) is 32.4 Å². The van der Waals surface area contributed by atoms with E-state index in [1.807, 2.05) is 19.9 Å². The first-order chi connectivity index (χ1) is 8.58. The van der Waals surface area contributed by atoms with Crippen LogP contribution in [-0.2, 0) is 0 Å². The molecule has 0 aromatic carbocycles. The molecule has 0 aliphatic carbocycles. The summed E-state index contributed by atoms with van der Waals surface area (Å²) in [5.41, 5.74) is 2.19. The predicted octanol–water partition coefficient (Wildman–Crippen LogP) is 0.151. The molecule has 3 N–H and O–H groups in total. The monoisotopic (exact) mass is 249 g/mol. The number of β-amino-alcohol motifs (C(OH)–C–C–N with tert-alkyl or cyclic N) is 1. The number of carbonyl (C=O) groups is 1. The first-order valence-corrected chi connectivity index (χ1v) is 6.22. The zero-order valence-corrected chi connectivity index (χ0v) is 10.7. The van der Waals surface area contributed by atoms with Gasteiger partial charge in [-0.25, -0.2) is 0 Å². The third-order valence-electron chi connectivity index (χ3n) is 3.24. The van der Waals surface area contributed by atoms with Gasteiger partial charge in [-0.05, 0) is 38.9 Å². The van der Waals surface area contributed by atoms with Crippen LogP contribution in [0.2, 0.25) is 0 Å². The number of nitrogens with zero attached hydrogens (tertiary/aromatic N) is 1. The average molecular weight is 249 g/mol. The lowest BCUT2D eigenvalue weighted by atomic mass is 10.0. The zero-order chi connectivity index (χ0) is 13.1. The summed E-state index contributed by atoms with van der Waals surface area (Å²) in [4.78, 5) is 16.4. The first kappa shape index (κ1) is 13.0. The van der Waals surface area contributed by atoms with Gasteiger partial charge in [0.05, 0.1) is 23.4 Å². The molecule has 1 aliphatic heterocycles. The minimum Gasteiger partial charge on any atom is -0.390 e. The van der Waals surface area contributed by atoms with Crippen LogP contribution in [0.3, 0.4) is 0 Å². The quantitative estimate of drug-likeness (QED) is 0.697. The number of piperidine rings is 1. The second-order valence-corrected chi connectivity index (χ2v) is 4.73. The van der Waals surface area contributed by atoms with Gasteiger partial charge in [-0.3, -0.25) is 9.78 Å². The predicted molar refractivity (Wildman–Crippen MR) is 68.5 cm³/mol. The minimum atomic E-state index is -0.526. The number of carbonyl (C=O) groups excluding carboxylic acids is 1. The van der Waals surface area contributed by atoms with Crippen LogP contribution in [-0.4, -0.2) is 41.2 Å². The molecule has 0 radical (unpaired) electrons. The molecule has 1 aromatic rings. The van der Waals surface area contributed by atoms with Crippen LogP contribution >= 0.6 is 0 Å². The van der Waals surface area contributed by atoms with Gasteiger partial charge in [0.15, 0.2) is 0 Å². The number of rotatable bonds is 2. The molecule has 5 nitrogen and oxygen atoms in total. The van der Waals surface area contributed by atoms with Crippen LogP contribution < -0.4 is 10.6 Å². The fourth-order valence-electron chi connectivity index (χ4n) is 2.18. The van der Waals surface area contributed by atoms with Gasteiger partial charge in [0.1, 0.15) is 0 Å². The highest BCUT2D eigenvalue weighted by molar-refractivity contribution is 5.95. The molecule has 18 heavy (non-hydrogen) atoms. The normalized spacial score (nSPS) is 23.7. The summed E-state index contributed by atoms with van der Waals surface area (Å²) in [5.74, 6) is -0.161. The van der Waals surface area contributed by atoms with Gasteiger partial charge in [0.2, 0.25) is 0 Å². The van der Waals surface area contributed by atoms with Gasteiger partial charge in [0.25, 0.3) is 5.91 Å². The highest BCUT2D eigenvalue weighted by atomic mass is 16.3. The Kier molecular flexibility index (Phi) is 3.93. The molecular formula is C13H19N3O2. The van der Waals surface area contributed by atoms with E-state index in [-0.39, 0.29) is 11.9 Å². The Morgan fingerprint density at radius 1 is 1.50 bits per heavy atom.